The Morgan fingerprint density at radius 2 is 2.00 bits per heavy atom. The SMILES string of the molecule is CN1CCN=C1NCCOc1ccc(NS(C)(=O)=O)cc1.I. The Hall–Kier alpha value is -1.23. The van der Waals surface area contributed by atoms with Crippen molar-refractivity contribution < 1.29 is 13.2 Å². The summed E-state index contributed by atoms with van der Waals surface area (Å²) in [5, 5.41) is 3.20. The highest BCUT2D eigenvalue weighted by Crippen LogP contribution is 2.16. The van der Waals surface area contributed by atoms with Crippen LogP contribution in [0.15, 0.2) is 29.3 Å². The maximum Gasteiger partial charge on any atom is 0.229 e. The summed E-state index contributed by atoms with van der Waals surface area (Å²) in [5.41, 5.74) is 0.518. The maximum absolute atomic E-state index is 11.1. The average Bonchev–Trinajstić information content (AvgIpc) is 2.80. The van der Waals surface area contributed by atoms with Gasteiger partial charge in [0.1, 0.15) is 12.4 Å². The normalized spacial score (nSPS) is 14.1. The molecular formula is C13H21IN4O3S. The third-order valence-electron chi connectivity index (χ3n) is 2.87. The molecule has 1 aromatic carbocycles. The molecular weight excluding hydrogens is 419 g/mol. The van der Waals surface area contributed by atoms with Gasteiger partial charge in [-0.05, 0) is 24.3 Å². The van der Waals surface area contributed by atoms with Crippen LogP contribution in [0, 0.1) is 0 Å². The molecule has 1 aliphatic heterocycles. The molecule has 2 N–H and O–H groups in total. The van der Waals surface area contributed by atoms with Gasteiger partial charge in [0, 0.05) is 19.3 Å². The minimum atomic E-state index is -3.24. The van der Waals surface area contributed by atoms with Crippen molar-refractivity contribution >= 4 is 45.6 Å². The molecule has 0 radical (unpaired) electrons. The second-order valence-corrected chi connectivity index (χ2v) is 6.55. The summed E-state index contributed by atoms with van der Waals surface area (Å²) in [4.78, 5) is 6.38. The molecule has 0 spiro atoms. The van der Waals surface area contributed by atoms with Gasteiger partial charge in [0.15, 0.2) is 5.96 Å². The molecule has 22 heavy (non-hydrogen) atoms. The predicted octanol–water partition coefficient (Wildman–Crippen LogP) is 0.946. The third kappa shape index (κ3) is 6.26. The molecule has 0 amide bonds. The highest BCUT2D eigenvalue weighted by molar-refractivity contribution is 14.0. The summed E-state index contributed by atoms with van der Waals surface area (Å²) >= 11 is 0. The van der Waals surface area contributed by atoms with E-state index >= 15 is 0 Å². The van der Waals surface area contributed by atoms with Crippen molar-refractivity contribution in [3.8, 4) is 5.75 Å². The first-order valence-corrected chi connectivity index (χ1v) is 8.53. The first-order valence-electron chi connectivity index (χ1n) is 6.64. The minimum Gasteiger partial charge on any atom is -0.492 e. The average molecular weight is 440 g/mol. The van der Waals surface area contributed by atoms with E-state index in [-0.39, 0.29) is 24.0 Å². The van der Waals surface area contributed by atoms with E-state index in [0.717, 1.165) is 25.3 Å². The van der Waals surface area contributed by atoms with Crippen molar-refractivity contribution in [1.29, 1.82) is 0 Å². The molecule has 7 nitrogen and oxygen atoms in total. The third-order valence-corrected chi connectivity index (χ3v) is 3.48. The first-order chi connectivity index (χ1) is 9.94. The molecule has 0 bridgehead atoms. The number of anilines is 1. The molecule has 0 aromatic heterocycles. The van der Waals surface area contributed by atoms with Gasteiger partial charge in [0.25, 0.3) is 0 Å². The second kappa shape index (κ2) is 8.42. The fraction of sp³-hybridized carbons (Fsp3) is 0.462. The lowest BCUT2D eigenvalue weighted by Gasteiger charge is -2.15. The van der Waals surface area contributed by atoms with Crippen molar-refractivity contribution in [1.82, 2.24) is 10.2 Å². The van der Waals surface area contributed by atoms with Crippen LogP contribution in [0.3, 0.4) is 0 Å². The number of rotatable bonds is 6. The number of hydrogen-bond donors (Lipinski definition) is 2. The summed E-state index contributed by atoms with van der Waals surface area (Å²) in [5.74, 6) is 1.59. The minimum absolute atomic E-state index is 0. The van der Waals surface area contributed by atoms with Crippen LogP contribution < -0.4 is 14.8 Å². The van der Waals surface area contributed by atoms with Crippen LogP contribution in [-0.4, -0.2) is 58.8 Å². The van der Waals surface area contributed by atoms with Crippen molar-refractivity contribution in [2.45, 2.75) is 0 Å². The summed E-state index contributed by atoms with van der Waals surface area (Å²) in [6.07, 6.45) is 1.12. The van der Waals surface area contributed by atoms with Crippen molar-refractivity contribution in [3.05, 3.63) is 24.3 Å². The zero-order valence-electron chi connectivity index (χ0n) is 12.6. The highest BCUT2D eigenvalue weighted by Gasteiger charge is 2.10. The molecule has 1 aromatic rings. The van der Waals surface area contributed by atoms with Gasteiger partial charge in [0.05, 0.1) is 19.3 Å². The Labute approximate surface area is 148 Å². The van der Waals surface area contributed by atoms with Crippen LogP contribution >= 0.6 is 24.0 Å². The number of nitrogens with one attached hydrogen (secondary N) is 2. The first kappa shape index (κ1) is 18.8. The topological polar surface area (TPSA) is 83.0 Å². The van der Waals surface area contributed by atoms with Crippen LogP contribution in [0.2, 0.25) is 0 Å². The number of nitrogens with zero attached hydrogens (tertiary/aromatic N) is 2. The second-order valence-electron chi connectivity index (χ2n) is 4.80. The molecule has 0 saturated carbocycles. The number of halogens is 1. The van der Waals surface area contributed by atoms with E-state index in [1.807, 2.05) is 7.05 Å². The largest absolute Gasteiger partial charge is 0.492 e. The monoisotopic (exact) mass is 440 g/mol. The van der Waals surface area contributed by atoms with Gasteiger partial charge in [-0.1, -0.05) is 0 Å². The number of hydrogen-bond acceptors (Lipinski definition) is 6. The van der Waals surface area contributed by atoms with Gasteiger partial charge in [-0.15, -0.1) is 24.0 Å². The number of ether oxygens (including phenoxy) is 1. The number of likely N-dealkylation sites (N-methyl/N-ethyl adjacent to an activating group) is 1. The van der Waals surface area contributed by atoms with E-state index in [1.54, 1.807) is 24.3 Å². The van der Waals surface area contributed by atoms with Gasteiger partial charge in [-0.3, -0.25) is 9.71 Å². The number of aliphatic imine (C=N–C) groups is 1. The summed E-state index contributed by atoms with van der Waals surface area (Å²) in [7, 11) is -1.25. The Balaban J connectivity index is 0.00000242. The van der Waals surface area contributed by atoms with Crippen molar-refractivity contribution in [3.63, 3.8) is 0 Å². The number of sulfonamides is 1. The Morgan fingerprint density at radius 3 is 2.55 bits per heavy atom. The van der Waals surface area contributed by atoms with E-state index in [4.69, 9.17) is 4.74 Å². The number of guanidine groups is 1. The van der Waals surface area contributed by atoms with E-state index < -0.39 is 10.0 Å². The lowest BCUT2D eigenvalue weighted by Crippen LogP contribution is -2.37. The van der Waals surface area contributed by atoms with Crippen LogP contribution in [0.1, 0.15) is 0 Å². The molecule has 9 heteroatoms. The van der Waals surface area contributed by atoms with Gasteiger partial charge >= 0.3 is 0 Å². The summed E-state index contributed by atoms with van der Waals surface area (Å²) in [6.45, 7) is 2.94. The zero-order chi connectivity index (χ0) is 15.3. The molecule has 0 aliphatic carbocycles. The van der Waals surface area contributed by atoms with Crippen molar-refractivity contribution in [2.75, 3.05) is 44.3 Å². The molecule has 1 aliphatic rings. The molecule has 0 fully saturated rings. The van der Waals surface area contributed by atoms with Gasteiger partial charge < -0.3 is 15.0 Å². The van der Waals surface area contributed by atoms with Crippen LogP contribution in [0.4, 0.5) is 5.69 Å². The standard InChI is InChI=1S/C13H20N4O3S.HI/c1-17-9-7-14-13(17)15-8-10-20-12-5-3-11(4-6-12)16-21(2,18)19;/h3-6,16H,7-10H2,1-2H3,(H,14,15);1H. The van der Waals surface area contributed by atoms with Crippen LogP contribution in [0.5, 0.6) is 5.75 Å². The number of benzene rings is 1. The van der Waals surface area contributed by atoms with Gasteiger partial charge in [-0.25, -0.2) is 8.42 Å². The molecule has 124 valence electrons. The van der Waals surface area contributed by atoms with E-state index in [9.17, 15) is 8.42 Å². The Morgan fingerprint density at radius 1 is 1.32 bits per heavy atom. The lowest BCUT2D eigenvalue weighted by molar-refractivity contribution is 0.320. The van der Waals surface area contributed by atoms with Gasteiger partial charge in [0.2, 0.25) is 10.0 Å². The lowest BCUT2D eigenvalue weighted by atomic mass is 10.3. The highest BCUT2D eigenvalue weighted by atomic mass is 127. The molecule has 0 unspecified atom stereocenters. The fourth-order valence-corrected chi connectivity index (χ4v) is 2.45. The van der Waals surface area contributed by atoms with E-state index in [1.165, 1.54) is 0 Å². The van der Waals surface area contributed by atoms with Crippen LogP contribution in [0.25, 0.3) is 0 Å². The molecule has 2 rings (SSSR count). The molecule has 0 saturated heterocycles. The van der Waals surface area contributed by atoms with E-state index in [2.05, 4.69) is 19.9 Å². The Bertz CT molecular complexity index is 604. The van der Waals surface area contributed by atoms with Gasteiger partial charge in [-0.2, -0.15) is 0 Å². The zero-order valence-corrected chi connectivity index (χ0v) is 15.7. The predicted molar refractivity (Wildman–Crippen MR) is 98.8 cm³/mol. The molecule has 1 heterocycles. The Kier molecular flexibility index (Phi) is 7.20. The van der Waals surface area contributed by atoms with E-state index in [0.29, 0.717) is 24.6 Å². The fourth-order valence-electron chi connectivity index (χ4n) is 1.89. The molecule has 0 atom stereocenters. The smallest absolute Gasteiger partial charge is 0.229 e. The van der Waals surface area contributed by atoms with Crippen LogP contribution in [-0.2, 0) is 10.0 Å². The quantitative estimate of drug-likeness (QED) is 0.509. The van der Waals surface area contributed by atoms with Crippen molar-refractivity contribution in [2.24, 2.45) is 4.99 Å². The summed E-state index contributed by atoms with van der Waals surface area (Å²) < 4.78 is 30.1. The summed E-state index contributed by atoms with van der Waals surface area (Å²) in [6, 6.07) is 6.79. The maximum atomic E-state index is 11.1.